The Hall–Kier alpha value is -2.34. The van der Waals surface area contributed by atoms with Gasteiger partial charge in [-0.15, -0.1) is 0 Å². The fourth-order valence-electron chi connectivity index (χ4n) is 3.62. The normalized spacial score (nSPS) is 11.0. The Morgan fingerprint density at radius 1 is 0.583 bits per heavy atom. The average Bonchev–Trinajstić information content (AvgIpc) is 2.67. The van der Waals surface area contributed by atoms with Crippen LogP contribution in [0.4, 0.5) is 0 Å². The minimum absolute atomic E-state index is 0.408. The van der Waals surface area contributed by atoms with Gasteiger partial charge in [0.25, 0.3) is 0 Å². The van der Waals surface area contributed by atoms with Gasteiger partial charge in [-0.05, 0) is 47.1 Å². The first-order valence-corrected chi connectivity index (χ1v) is 9.03. The van der Waals surface area contributed by atoms with Gasteiger partial charge in [-0.1, -0.05) is 92.7 Å². The molecule has 0 saturated heterocycles. The molecular formula is C24H26. The Labute approximate surface area is 146 Å². The van der Waals surface area contributed by atoms with E-state index in [0.29, 0.717) is 5.92 Å². The summed E-state index contributed by atoms with van der Waals surface area (Å²) in [5, 5.41) is 0. The van der Waals surface area contributed by atoms with Crippen molar-refractivity contribution < 1.29 is 0 Å². The number of benzene rings is 3. The number of rotatable bonds is 6. The zero-order chi connectivity index (χ0) is 16.8. The summed E-state index contributed by atoms with van der Waals surface area (Å²) in [6, 6.07) is 28.6. The van der Waals surface area contributed by atoms with Crippen LogP contribution in [-0.4, -0.2) is 0 Å². The number of hydrogen-bond donors (Lipinski definition) is 0. The molecule has 0 nitrogen and oxygen atoms in total. The molecule has 122 valence electrons. The lowest BCUT2D eigenvalue weighted by molar-refractivity contribution is 0.784. The van der Waals surface area contributed by atoms with Gasteiger partial charge in [0.1, 0.15) is 0 Å². The molecule has 0 N–H and O–H groups in total. The van der Waals surface area contributed by atoms with Crippen LogP contribution in [-0.2, 0) is 19.3 Å². The summed E-state index contributed by atoms with van der Waals surface area (Å²) in [6.07, 6.45) is 3.26. The van der Waals surface area contributed by atoms with E-state index >= 15 is 0 Å². The van der Waals surface area contributed by atoms with Crippen molar-refractivity contribution in [2.45, 2.75) is 39.0 Å². The van der Waals surface area contributed by atoms with Gasteiger partial charge in [-0.2, -0.15) is 0 Å². The van der Waals surface area contributed by atoms with Crippen molar-refractivity contribution in [1.29, 1.82) is 0 Å². The zero-order valence-electron chi connectivity index (χ0n) is 14.7. The monoisotopic (exact) mass is 314 g/mol. The SMILES string of the molecule is CCc1cccc(CC)c1CC(c1ccccc1)c1ccccc1. The average molecular weight is 314 g/mol. The molecule has 0 radical (unpaired) electrons. The third-order valence-corrected chi connectivity index (χ3v) is 4.94. The fourth-order valence-corrected chi connectivity index (χ4v) is 3.62. The fraction of sp³-hybridized carbons (Fsp3) is 0.250. The van der Waals surface area contributed by atoms with Gasteiger partial charge in [-0.25, -0.2) is 0 Å². The lowest BCUT2D eigenvalue weighted by atomic mass is 9.82. The summed E-state index contributed by atoms with van der Waals surface area (Å²) >= 11 is 0. The molecule has 0 aliphatic rings. The first-order chi connectivity index (χ1) is 11.8. The van der Waals surface area contributed by atoms with Crippen molar-refractivity contribution in [3.8, 4) is 0 Å². The smallest absolute Gasteiger partial charge is 0.0130 e. The van der Waals surface area contributed by atoms with Crippen LogP contribution in [0.15, 0.2) is 78.9 Å². The highest BCUT2D eigenvalue weighted by Crippen LogP contribution is 2.31. The maximum atomic E-state index is 2.29. The van der Waals surface area contributed by atoms with E-state index in [2.05, 4.69) is 92.7 Å². The Balaban J connectivity index is 2.06. The van der Waals surface area contributed by atoms with E-state index in [-0.39, 0.29) is 0 Å². The van der Waals surface area contributed by atoms with Crippen molar-refractivity contribution in [3.63, 3.8) is 0 Å². The van der Waals surface area contributed by atoms with Crippen LogP contribution in [0, 0.1) is 0 Å². The quantitative estimate of drug-likeness (QED) is 0.509. The van der Waals surface area contributed by atoms with Crippen LogP contribution in [0.2, 0.25) is 0 Å². The summed E-state index contributed by atoms with van der Waals surface area (Å²) in [6.45, 7) is 4.52. The first kappa shape index (κ1) is 16.5. The Kier molecular flexibility index (Phi) is 5.48. The zero-order valence-corrected chi connectivity index (χ0v) is 14.7. The molecule has 3 rings (SSSR count). The third kappa shape index (κ3) is 3.59. The van der Waals surface area contributed by atoms with Gasteiger partial charge in [0.15, 0.2) is 0 Å². The summed E-state index contributed by atoms with van der Waals surface area (Å²) in [5.41, 5.74) is 7.32. The van der Waals surface area contributed by atoms with E-state index in [4.69, 9.17) is 0 Å². The number of hydrogen-bond acceptors (Lipinski definition) is 0. The second-order valence-electron chi connectivity index (χ2n) is 6.34. The Bertz CT molecular complexity index is 695. The molecule has 0 aliphatic carbocycles. The summed E-state index contributed by atoms with van der Waals surface area (Å²) < 4.78 is 0. The first-order valence-electron chi connectivity index (χ1n) is 9.03. The molecule has 0 atom stereocenters. The predicted octanol–water partition coefficient (Wildman–Crippen LogP) is 6.19. The van der Waals surface area contributed by atoms with Crippen molar-refractivity contribution >= 4 is 0 Å². The largest absolute Gasteiger partial charge is 0.0622 e. The molecule has 0 heterocycles. The van der Waals surface area contributed by atoms with Gasteiger partial charge in [-0.3, -0.25) is 0 Å². The van der Waals surface area contributed by atoms with Gasteiger partial charge < -0.3 is 0 Å². The van der Waals surface area contributed by atoms with E-state index in [1.54, 1.807) is 5.56 Å². The maximum absolute atomic E-state index is 2.29. The van der Waals surface area contributed by atoms with Crippen LogP contribution in [0.3, 0.4) is 0 Å². The highest BCUT2D eigenvalue weighted by atomic mass is 14.2. The Morgan fingerprint density at radius 2 is 1.04 bits per heavy atom. The highest BCUT2D eigenvalue weighted by molar-refractivity contribution is 5.41. The van der Waals surface area contributed by atoms with E-state index in [9.17, 15) is 0 Å². The van der Waals surface area contributed by atoms with Crippen molar-refractivity contribution in [3.05, 3.63) is 107 Å². The van der Waals surface area contributed by atoms with E-state index in [1.807, 2.05) is 0 Å². The Morgan fingerprint density at radius 3 is 1.46 bits per heavy atom. The second-order valence-corrected chi connectivity index (χ2v) is 6.34. The van der Waals surface area contributed by atoms with E-state index in [1.165, 1.54) is 22.3 Å². The molecule has 0 bridgehead atoms. The van der Waals surface area contributed by atoms with Gasteiger partial charge >= 0.3 is 0 Å². The van der Waals surface area contributed by atoms with Crippen LogP contribution in [0.25, 0.3) is 0 Å². The van der Waals surface area contributed by atoms with Crippen molar-refractivity contribution in [2.75, 3.05) is 0 Å². The third-order valence-electron chi connectivity index (χ3n) is 4.94. The molecule has 0 spiro atoms. The lowest BCUT2D eigenvalue weighted by Gasteiger charge is -2.22. The number of aryl methyl sites for hydroxylation is 2. The standard InChI is InChI=1S/C24H26/c1-3-19-16-11-17-20(4-2)23(19)18-24(21-12-7-5-8-13-21)22-14-9-6-10-15-22/h5-17,24H,3-4,18H2,1-2H3. The predicted molar refractivity (Wildman–Crippen MR) is 104 cm³/mol. The molecule has 3 aromatic carbocycles. The van der Waals surface area contributed by atoms with Gasteiger partial charge in [0.2, 0.25) is 0 Å². The summed E-state index contributed by atoms with van der Waals surface area (Å²) in [4.78, 5) is 0. The molecule has 0 aliphatic heterocycles. The molecule has 0 amide bonds. The minimum Gasteiger partial charge on any atom is -0.0622 e. The van der Waals surface area contributed by atoms with Crippen LogP contribution in [0.5, 0.6) is 0 Å². The molecule has 0 heteroatoms. The molecule has 0 unspecified atom stereocenters. The minimum atomic E-state index is 0.408. The topological polar surface area (TPSA) is 0 Å². The molecular weight excluding hydrogens is 288 g/mol. The van der Waals surface area contributed by atoms with Crippen LogP contribution in [0.1, 0.15) is 47.6 Å². The summed E-state index contributed by atoms with van der Waals surface area (Å²) in [5.74, 6) is 0.408. The molecule has 0 saturated carbocycles. The lowest BCUT2D eigenvalue weighted by Crippen LogP contribution is -2.09. The highest BCUT2D eigenvalue weighted by Gasteiger charge is 2.17. The van der Waals surface area contributed by atoms with Crippen LogP contribution < -0.4 is 0 Å². The molecule has 3 aromatic rings. The molecule has 24 heavy (non-hydrogen) atoms. The van der Waals surface area contributed by atoms with Gasteiger partial charge in [0, 0.05) is 5.92 Å². The van der Waals surface area contributed by atoms with Crippen molar-refractivity contribution in [1.82, 2.24) is 0 Å². The van der Waals surface area contributed by atoms with E-state index < -0.39 is 0 Å². The van der Waals surface area contributed by atoms with Gasteiger partial charge in [0.05, 0.1) is 0 Å². The molecule has 0 aromatic heterocycles. The second kappa shape index (κ2) is 7.97. The van der Waals surface area contributed by atoms with E-state index in [0.717, 1.165) is 19.3 Å². The van der Waals surface area contributed by atoms with Crippen LogP contribution >= 0.6 is 0 Å². The van der Waals surface area contributed by atoms with Crippen molar-refractivity contribution in [2.24, 2.45) is 0 Å². The molecule has 0 fully saturated rings. The maximum Gasteiger partial charge on any atom is 0.0130 e. The summed E-state index contributed by atoms with van der Waals surface area (Å²) in [7, 11) is 0.